The summed E-state index contributed by atoms with van der Waals surface area (Å²) in [6.07, 6.45) is 2.88. The first-order valence-electron chi connectivity index (χ1n) is 4.41. The van der Waals surface area contributed by atoms with E-state index in [1.165, 1.54) is 5.69 Å². The number of rotatable bonds is 3. The minimum Gasteiger partial charge on any atom is -0.331 e. The second-order valence-electron chi connectivity index (χ2n) is 3.26. The molecule has 3 nitrogen and oxygen atoms in total. The van der Waals surface area contributed by atoms with Gasteiger partial charge in [-0.15, -0.1) is 0 Å². The molecule has 2 N–H and O–H groups in total. The Bertz CT molecular complexity index is 250. The third-order valence-corrected chi connectivity index (χ3v) is 1.92. The van der Waals surface area contributed by atoms with Gasteiger partial charge in [-0.3, -0.25) is 0 Å². The van der Waals surface area contributed by atoms with Crippen molar-refractivity contribution >= 4 is 0 Å². The van der Waals surface area contributed by atoms with Crippen LogP contribution in [0.4, 0.5) is 0 Å². The minimum absolute atomic E-state index is 0.197. The average Bonchev–Trinajstić information content (AvgIpc) is 2.32. The van der Waals surface area contributed by atoms with Crippen LogP contribution in [-0.4, -0.2) is 15.6 Å². The van der Waals surface area contributed by atoms with Crippen LogP contribution in [0.5, 0.6) is 0 Å². The molecule has 0 aliphatic carbocycles. The Morgan fingerprint density at radius 3 is 2.83 bits per heavy atom. The molecular weight excluding hydrogens is 150 g/mol. The van der Waals surface area contributed by atoms with Gasteiger partial charge in [-0.1, -0.05) is 6.92 Å². The summed E-state index contributed by atoms with van der Waals surface area (Å²) in [5, 5.41) is 0. The predicted octanol–water partition coefficient (Wildman–Crippen LogP) is 1.10. The van der Waals surface area contributed by atoms with Crippen LogP contribution < -0.4 is 5.73 Å². The molecule has 0 radical (unpaired) electrons. The second kappa shape index (κ2) is 3.72. The summed E-state index contributed by atoms with van der Waals surface area (Å²) in [4.78, 5) is 4.29. The Morgan fingerprint density at radius 2 is 2.33 bits per heavy atom. The monoisotopic (exact) mass is 167 g/mol. The highest BCUT2D eigenvalue weighted by Gasteiger charge is 2.05. The zero-order chi connectivity index (χ0) is 9.14. The third kappa shape index (κ3) is 1.85. The lowest BCUT2D eigenvalue weighted by Gasteiger charge is -2.11. The standard InChI is InChI=1S/C9H17N3/c1-4-9-11-5-8(3)12(9)6-7(2)10/h5,7H,4,6,10H2,1-3H3. The molecule has 0 aliphatic rings. The molecule has 0 saturated carbocycles. The van der Waals surface area contributed by atoms with Crippen LogP contribution in [0.2, 0.25) is 0 Å². The molecule has 1 aromatic rings. The number of hydrogen-bond donors (Lipinski definition) is 1. The van der Waals surface area contributed by atoms with Crippen LogP contribution >= 0.6 is 0 Å². The zero-order valence-corrected chi connectivity index (χ0v) is 8.04. The summed E-state index contributed by atoms with van der Waals surface area (Å²) in [5.41, 5.74) is 6.93. The largest absolute Gasteiger partial charge is 0.331 e. The number of nitrogens with zero attached hydrogens (tertiary/aromatic N) is 2. The predicted molar refractivity (Wildman–Crippen MR) is 50.0 cm³/mol. The first-order chi connectivity index (χ1) is 5.65. The van der Waals surface area contributed by atoms with Crippen LogP contribution in [0, 0.1) is 6.92 Å². The van der Waals surface area contributed by atoms with E-state index in [-0.39, 0.29) is 6.04 Å². The van der Waals surface area contributed by atoms with E-state index in [0.29, 0.717) is 0 Å². The molecule has 0 amide bonds. The molecule has 3 heteroatoms. The van der Waals surface area contributed by atoms with Crippen LogP contribution in [0.25, 0.3) is 0 Å². The number of hydrogen-bond acceptors (Lipinski definition) is 2. The van der Waals surface area contributed by atoms with Gasteiger partial charge in [0.25, 0.3) is 0 Å². The maximum atomic E-state index is 5.73. The smallest absolute Gasteiger partial charge is 0.108 e. The second-order valence-corrected chi connectivity index (χ2v) is 3.26. The topological polar surface area (TPSA) is 43.8 Å². The fourth-order valence-electron chi connectivity index (χ4n) is 1.33. The van der Waals surface area contributed by atoms with Gasteiger partial charge in [0, 0.05) is 30.9 Å². The van der Waals surface area contributed by atoms with Crippen molar-refractivity contribution < 1.29 is 0 Å². The van der Waals surface area contributed by atoms with Crippen LogP contribution in [-0.2, 0) is 13.0 Å². The average molecular weight is 167 g/mol. The van der Waals surface area contributed by atoms with Gasteiger partial charge in [-0.05, 0) is 13.8 Å². The van der Waals surface area contributed by atoms with Gasteiger partial charge in [-0.2, -0.15) is 0 Å². The van der Waals surface area contributed by atoms with E-state index in [2.05, 4.69) is 23.4 Å². The van der Waals surface area contributed by atoms with Crippen molar-refractivity contribution in [2.75, 3.05) is 0 Å². The number of nitrogens with two attached hydrogens (primary N) is 1. The van der Waals surface area contributed by atoms with Gasteiger partial charge < -0.3 is 10.3 Å². The molecule has 0 aliphatic heterocycles. The highest BCUT2D eigenvalue weighted by atomic mass is 15.1. The molecule has 68 valence electrons. The van der Waals surface area contributed by atoms with E-state index >= 15 is 0 Å². The van der Waals surface area contributed by atoms with E-state index < -0.39 is 0 Å². The van der Waals surface area contributed by atoms with E-state index in [1.54, 1.807) is 0 Å². The molecule has 1 rings (SSSR count). The first-order valence-corrected chi connectivity index (χ1v) is 4.41. The van der Waals surface area contributed by atoms with E-state index in [0.717, 1.165) is 18.8 Å². The van der Waals surface area contributed by atoms with E-state index in [9.17, 15) is 0 Å². The fraction of sp³-hybridized carbons (Fsp3) is 0.667. The van der Waals surface area contributed by atoms with Crippen LogP contribution in [0.1, 0.15) is 25.4 Å². The summed E-state index contributed by atoms with van der Waals surface area (Å²) in [6.45, 7) is 7.06. The molecule has 0 aromatic carbocycles. The van der Waals surface area contributed by atoms with Gasteiger partial charge in [0.05, 0.1) is 0 Å². The van der Waals surface area contributed by atoms with E-state index in [4.69, 9.17) is 5.73 Å². The molecule has 1 unspecified atom stereocenters. The van der Waals surface area contributed by atoms with E-state index in [1.807, 2.05) is 13.1 Å². The first kappa shape index (κ1) is 9.26. The Balaban J connectivity index is 2.86. The van der Waals surface area contributed by atoms with Gasteiger partial charge in [0.15, 0.2) is 0 Å². The molecule has 0 fully saturated rings. The molecular formula is C9H17N3. The quantitative estimate of drug-likeness (QED) is 0.732. The normalized spacial score (nSPS) is 13.3. The number of aromatic nitrogens is 2. The third-order valence-electron chi connectivity index (χ3n) is 1.92. The molecule has 1 atom stereocenters. The van der Waals surface area contributed by atoms with Gasteiger partial charge in [0.1, 0.15) is 5.82 Å². The minimum atomic E-state index is 0.197. The summed E-state index contributed by atoms with van der Waals surface area (Å²) in [6, 6.07) is 0.197. The maximum Gasteiger partial charge on any atom is 0.108 e. The highest BCUT2D eigenvalue weighted by molar-refractivity contribution is 5.03. The summed E-state index contributed by atoms with van der Waals surface area (Å²) >= 11 is 0. The fourth-order valence-corrected chi connectivity index (χ4v) is 1.33. The van der Waals surface area contributed by atoms with Crippen molar-refractivity contribution in [3.05, 3.63) is 17.7 Å². The summed E-state index contributed by atoms with van der Waals surface area (Å²) < 4.78 is 2.19. The van der Waals surface area contributed by atoms with Gasteiger partial charge in [0.2, 0.25) is 0 Å². The molecule has 0 bridgehead atoms. The molecule has 1 aromatic heterocycles. The number of aryl methyl sites for hydroxylation is 2. The zero-order valence-electron chi connectivity index (χ0n) is 8.04. The van der Waals surface area contributed by atoms with Crippen molar-refractivity contribution in [3.63, 3.8) is 0 Å². The Hall–Kier alpha value is -0.830. The summed E-state index contributed by atoms with van der Waals surface area (Å²) in [5.74, 6) is 1.13. The van der Waals surface area contributed by atoms with Crippen molar-refractivity contribution in [2.24, 2.45) is 5.73 Å². The lowest BCUT2D eigenvalue weighted by atomic mass is 10.3. The van der Waals surface area contributed by atoms with Crippen molar-refractivity contribution in [3.8, 4) is 0 Å². The maximum absolute atomic E-state index is 5.73. The lowest BCUT2D eigenvalue weighted by Crippen LogP contribution is -2.23. The Labute approximate surface area is 73.6 Å². The highest BCUT2D eigenvalue weighted by Crippen LogP contribution is 2.05. The summed E-state index contributed by atoms with van der Waals surface area (Å²) in [7, 11) is 0. The molecule has 0 saturated heterocycles. The van der Waals surface area contributed by atoms with Gasteiger partial charge in [-0.25, -0.2) is 4.98 Å². The molecule has 0 spiro atoms. The Kier molecular flexibility index (Phi) is 2.87. The van der Waals surface area contributed by atoms with Gasteiger partial charge >= 0.3 is 0 Å². The van der Waals surface area contributed by atoms with Crippen LogP contribution in [0.3, 0.4) is 0 Å². The SMILES string of the molecule is CCc1ncc(C)n1CC(C)N. The molecule has 1 heterocycles. The van der Waals surface area contributed by atoms with Crippen molar-refractivity contribution in [1.29, 1.82) is 0 Å². The lowest BCUT2D eigenvalue weighted by molar-refractivity contribution is 0.559. The number of imidazole rings is 1. The van der Waals surface area contributed by atoms with Crippen molar-refractivity contribution in [2.45, 2.75) is 39.8 Å². The molecule has 12 heavy (non-hydrogen) atoms. The van der Waals surface area contributed by atoms with Crippen LogP contribution in [0.15, 0.2) is 6.20 Å². The Morgan fingerprint density at radius 1 is 1.67 bits per heavy atom. The van der Waals surface area contributed by atoms with Crippen molar-refractivity contribution in [1.82, 2.24) is 9.55 Å².